The Morgan fingerprint density at radius 3 is 2.46 bits per heavy atom. The average Bonchev–Trinajstić information content (AvgIpc) is 2.68. The van der Waals surface area contributed by atoms with Crippen LogP contribution in [0.25, 0.3) is 0 Å². The molecule has 2 heterocycles. The van der Waals surface area contributed by atoms with Crippen LogP contribution < -0.4 is 11.1 Å². The first-order valence-corrected chi connectivity index (χ1v) is 8.68. The summed E-state index contributed by atoms with van der Waals surface area (Å²) in [5.41, 5.74) is 0.163. The Balaban J connectivity index is 1.92. The highest BCUT2D eigenvalue weighted by Crippen LogP contribution is 2.22. The minimum atomic E-state index is -0.601. The van der Waals surface area contributed by atoms with Gasteiger partial charge in [-0.2, -0.15) is 0 Å². The molecule has 0 unspecified atom stereocenters. The van der Waals surface area contributed by atoms with Gasteiger partial charge in [0.1, 0.15) is 5.82 Å². The number of rotatable bonds is 5. The van der Waals surface area contributed by atoms with Crippen molar-refractivity contribution in [2.45, 2.75) is 13.1 Å². The number of carbonyl (C=O) groups is 1. The summed E-state index contributed by atoms with van der Waals surface area (Å²) < 4.78 is 21.9. The monoisotopic (exact) mass is 402 g/mol. The maximum Gasteiger partial charge on any atom is 0.339 e. The molecule has 8 heteroatoms. The molecular weight excluding hydrogens is 387 g/mol. The van der Waals surface area contributed by atoms with E-state index in [0.717, 1.165) is 0 Å². The largest absolute Gasteiger partial charge is 0.465 e. The van der Waals surface area contributed by atoms with Gasteiger partial charge in [-0.25, -0.2) is 9.18 Å². The standard InChI is InChI=1S/C20H16ClFN2O4/c1-28-20(27)13-5-6-19(26)24(10-13)12-15-8-16(21)14(9-17(15)22)11-23-7-3-2-4-18(23)25/h2-10H,11-12H2,1H3. The fourth-order valence-corrected chi connectivity index (χ4v) is 2.97. The second-order valence-corrected chi connectivity index (χ2v) is 6.48. The fourth-order valence-electron chi connectivity index (χ4n) is 2.72. The Kier molecular flexibility index (Phi) is 5.75. The van der Waals surface area contributed by atoms with Crippen molar-refractivity contribution in [2.24, 2.45) is 0 Å². The topological polar surface area (TPSA) is 70.3 Å². The van der Waals surface area contributed by atoms with Gasteiger partial charge < -0.3 is 13.9 Å². The molecule has 3 aromatic rings. The molecule has 0 atom stereocenters. The molecular formula is C20H16ClFN2O4. The maximum absolute atomic E-state index is 14.6. The Hall–Kier alpha value is -3.19. The number of aromatic nitrogens is 2. The van der Waals surface area contributed by atoms with Crippen LogP contribution in [-0.2, 0) is 17.8 Å². The molecule has 0 spiro atoms. The van der Waals surface area contributed by atoms with Crippen LogP contribution in [0.15, 0.2) is 64.4 Å². The molecule has 0 bridgehead atoms. The van der Waals surface area contributed by atoms with E-state index in [2.05, 4.69) is 4.74 Å². The molecule has 0 N–H and O–H groups in total. The van der Waals surface area contributed by atoms with Gasteiger partial charge >= 0.3 is 5.97 Å². The molecule has 2 aromatic heterocycles. The lowest BCUT2D eigenvalue weighted by Gasteiger charge is -2.12. The first-order valence-electron chi connectivity index (χ1n) is 8.30. The van der Waals surface area contributed by atoms with Crippen molar-refractivity contribution in [1.29, 1.82) is 0 Å². The van der Waals surface area contributed by atoms with Gasteiger partial charge in [-0.1, -0.05) is 17.7 Å². The van der Waals surface area contributed by atoms with Crippen LogP contribution in [0.4, 0.5) is 4.39 Å². The Morgan fingerprint density at radius 2 is 1.75 bits per heavy atom. The number of hydrogen-bond donors (Lipinski definition) is 0. The molecule has 28 heavy (non-hydrogen) atoms. The number of hydrogen-bond acceptors (Lipinski definition) is 4. The third kappa shape index (κ3) is 4.20. The summed E-state index contributed by atoms with van der Waals surface area (Å²) in [6.45, 7) is 0.00820. The molecule has 0 saturated carbocycles. The Morgan fingerprint density at radius 1 is 1.04 bits per heavy atom. The van der Waals surface area contributed by atoms with E-state index in [-0.39, 0.29) is 34.8 Å². The van der Waals surface area contributed by atoms with E-state index in [0.29, 0.717) is 5.56 Å². The molecule has 0 saturated heterocycles. The van der Waals surface area contributed by atoms with Crippen molar-refractivity contribution < 1.29 is 13.9 Å². The number of esters is 1. The van der Waals surface area contributed by atoms with Gasteiger partial charge in [-0.15, -0.1) is 0 Å². The number of methoxy groups -OCH3 is 1. The van der Waals surface area contributed by atoms with Crippen molar-refractivity contribution in [3.63, 3.8) is 0 Å². The lowest BCUT2D eigenvalue weighted by atomic mass is 10.1. The van der Waals surface area contributed by atoms with E-state index in [1.54, 1.807) is 18.3 Å². The quantitative estimate of drug-likeness (QED) is 0.615. The van der Waals surface area contributed by atoms with Crippen molar-refractivity contribution in [3.05, 3.63) is 103 Å². The molecule has 0 aliphatic carbocycles. The summed E-state index contributed by atoms with van der Waals surface area (Å²) in [4.78, 5) is 35.5. The van der Waals surface area contributed by atoms with Crippen LogP contribution in [0.1, 0.15) is 21.5 Å². The molecule has 0 aliphatic rings. The first kappa shape index (κ1) is 19.6. The van der Waals surface area contributed by atoms with Gasteiger partial charge in [0.15, 0.2) is 0 Å². The molecule has 0 aliphatic heterocycles. The molecule has 1 aromatic carbocycles. The summed E-state index contributed by atoms with van der Waals surface area (Å²) in [6.07, 6.45) is 2.89. The van der Waals surface area contributed by atoms with E-state index in [1.165, 1.54) is 52.8 Å². The summed E-state index contributed by atoms with van der Waals surface area (Å²) in [5, 5.41) is 0.268. The van der Waals surface area contributed by atoms with Crippen molar-refractivity contribution in [3.8, 4) is 0 Å². The minimum Gasteiger partial charge on any atom is -0.465 e. The number of pyridine rings is 2. The summed E-state index contributed by atoms with van der Waals surface area (Å²) in [7, 11) is 1.23. The van der Waals surface area contributed by atoms with E-state index in [1.807, 2.05) is 0 Å². The normalized spacial score (nSPS) is 10.7. The van der Waals surface area contributed by atoms with E-state index < -0.39 is 17.3 Å². The second-order valence-electron chi connectivity index (χ2n) is 6.08. The molecule has 0 radical (unpaired) electrons. The van der Waals surface area contributed by atoms with Crippen molar-refractivity contribution in [2.75, 3.05) is 7.11 Å². The number of nitrogens with zero attached hydrogens (tertiary/aromatic N) is 2. The minimum absolute atomic E-state index is 0.110. The zero-order chi connectivity index (χ0) is 20.3. The molecule has 0 amide bonds. The number of benzene rings is 1. The third-order valence-corrected chi connectivity index (χ3v) is 4.55. The highest BCUT2D eigenvalue weighted by Gasteiger charge is 2.13. The predicted molar refractivity (Wildman–Crippen MR) is 102 cm³/mol. The first-order chi connectivity index (χ1) is 13.4. The SMILES string of the molecule is COC(=O)c1ccc(=O)n(Cc2cc(Cl)c(Cn3ccccc3=O)cc2F)c1. The second kappa shape index (κ2) is 8.22. The number of carbonyl (C=O) groups excluding carboxylic acids is 1. The highest BCUT2D eigenvalue weighted by molar-refractivity contribution is 6.31. The van der Waals surface area contributed by atoms with Gasteiger partial charge in [0.2, 0.25) is 0 Å². The van der Waals surface area contributed by atoms with E-state index >= 15 is 0 Å². The molecule has 144 valence electrons. The van der Waals surface area contributed by atoms with Crippen LogP contribution in [0, 0.1) is 5.82 Å². The smallest absolute Gasteiger partial charge is 0.339 e. The van der Waals surface area contributed by atoms with E-state index in [9.17, 15) is 18.8 Å². The zero-order valence-electron chi connectivity index (χ0n) is 14.9. The Bertz CT molecular complexity index is 1150. The fraction of sp³-hybridized carbons (Fsp3) is 0.150. The number of ether oxygens (including phenoxy) is 1. The predicted octanol–water partition coefficient (Wildman–Crippen LogP) is 2.69. The lowest BCUT2D eigenvalue weighted by Crippen LogP contribution is -2.22. The molecule has 0 fully saturated rings. The van der Waals surface area contributed by atoms with Gasteiger partial charge in [0.05, 0.1) is 25.8 Å². The summed E-state index contributed by atoms with van der Waals surface area (Å²) >= 11 is 6.27. The third-order valence-electron chi connectivity index (χ3n) is 4.20. The van der Waals surface area contributed by atoms with Crippen LogP contribution >= 0.6 is 11.6 Å². The van der Waals surface area contributed by atoms with Crippen molar-refractivity contribution >= 4 is 17.6 Å². The maximum atomic E-state index is 14.6. The van der Waals surface area contributed by atoms with Crippen LogP contribution in [-0.4, -0.2) is 22.2 Å². The highest BCUT2D eigenvalue weighted by atomic mass is 35.5. The van der Waals surface area contributed by atoms with Crippen LogP contribution in [0.2, 0.25) is 5.02 Å². The number of halogens is 2. The Labute approximate surface area is 164 Å². The summed E-state index contributed by atoms with van der Waals surface area (Å²) in [5.74, 6) is -1.17. The van der Waals surface area contributed by atoms with Gasteiger partial charge in [0.25, 0.3) is 11.1 Å². The van der Waals surface area contributed by atoms with E-state index in [4.69, 9.17) is 11.6 Å². The zero-order valence-corrected chi connectivity index (χ0v) is 15.6. The van der Waals surface area contributed by atoms with Gasteiger partial charge in [-0.3, -0.25) is 9.59 Å². The van der Waals surface area contributed by atoms with Gasteiger partial charge in [-0.05, 0) is 29.8 Å². The van der Waals surface area contributed by atoms with Gasteiger partial charge in [0, 0.05) is 35.1 Å². The van der Waals surface area contributed by atoms with Crippen LogP contribution in [0.5, 0.6) is 0 Å². The lowest BCUT2D eigenvalue weighted by molar-refractivity contribution is 0.0599. The van der Waals surface area contributed by atoms with Crippen LogP contribution in [0.3, 0.4) is 0 Å². The average molecular weight is 403 g/mol. The molecule has 3 rings (SSSR count). The van der Waals surface area contributed by atoms with Crippen molar-refractivity contribution in [1.82, 2.24) is 9.13 Å². The summed E-state index contributed by atoms with van der Waals surface area (Å²) in [6, 6.07) is 9.92. The molecule has 6 nitrogen and oxygen atoms in total.